The summed E-state index contributed by atoms with van der Waals surface area (Å²) in [6.45, 7) is 4.88. The number of imidazole rings is 1. The summed E-state index contributed by atoms with van der Waals surface area (Å²) in [6.07, 6.45) is 3.73. The normalized spacial score (nSPS) is 11.0. The standard InChI is InChI=1S/C17H19N3O2S/c1-3-5-15-19-20-14(11-21)16(18-17(20)23-15)12-6-8-13(9-7-12)22-10-4-2/h6-9,11H,3-5,10H2,1-2H3. The van der Waals surface area contributed by atoms with E-state index in [2.05, 4.69) is 23.9 Å². The highest BCUT2D eigenvalue weighted by molar-refractivity contribution is 7.16. The van der Waals surface area contributed by atoms with Gasteiger partial charge >= 0.3 is 0 Å². The van der Waals surface area contributed by atoms with Crippen LogP contribution >= 0.6 is 11.3 Å². The summed E-state index contributed by atoms with van der Waals surface area (Å²) >= 11 is 1.54. The molecule has 0 aliphatic heterocycles. The summed E-state index contributed by atoms with van der Waals surface area (Å²) in [5, 5.41) is 5.50. The minimum atomic E-state index is 0.501. The SMILES string of the molecule is CCCOc1ccc(-c2nc3sc(CCC)nn3c2C=O)cc1. The molecule has 5 nitrogen and oxygen atoms in total. The van der Waals surface area contributed by atoms with Crippen molar-refractivity contribution in [1.82, 2.24) is 14.6 Å². The molecule has 2 heterocycles. The van der Waals surface area contributed by atoms with Gasteiger partial charge in [0.25, 0.3) is 0 Å². The third kappa shape index (κ3) is 3.12. The lowest BCUT2D eigenvalue weighted by Gasteiger charge is -2.05. The molecule has 3 rings (SSSR count). The average molecular weight is 329 g/mol. The second-order valence-electron chi connectivity index (χ2n) is 5.28. The maximum absolute atomic E-state index is 11.5. The van der Waals surface area contributed by atoms with Crippen LogP contribution in [0, 0.1) is 0 Å². The molecule has 0 atom stereocenters. The smallest absolute Gasteiger partial charge is 0.213 e. The first-order valence-electron chi connectivity index (χ1n) is 7.83. The van der Waals surface area contributed by atoms with Gasteiger partial charge in [-0.3, -0.25) is 4.79 Å². The first-order valence-corrected chi connectivity index (χ1v) is 8.65. The Kier molecular flexibility index (Phi) is 4.71. The molecular weight excluding hydrogens is 310 g/mol. The van der Waals surface area contributed by atoms with E-state index in [1.54, 1.807) is 4.52 Å². The zero-order valence-electron chi connectivity index (χ0n) is 13.3. The van der Waals surface area contributed by atoms with Crippen molar-refractivity contribution in [3.8, 4) is 17.0 Å². The lowest BCUT2D eigenvalue weighted by atomic mass is 10.1. The molecule has 0 bridgehead atoms. The van der Waals surface area contributed by atoms with Crippen LogP contribution in [0.15, 0.2) is 24.3 Å². The number of aryl methyl sites for hydroxylation is 1. The lowest BCUT2D eigenvalue weighted by Crippen LogP contribution is -1.96. The van der Waals surface area contributed by atoms with Crippen LogP contribution in [0.1, 0.15) is 42.2 Å². The number of carbonyl (C=O) groups excluding carboxylic acids is 1. The van der Waals surface area contributed by atoms with Gasteiger partial charge in [0.1, 0.15) is 22.1 Å². The molecule has 6 heteroatoms. The molecule has 0 radical (unpaired) electrons. The fraction of sp³-hybridized carbons (Fsp3) is 0.353. The number of aldehydes is 1. The quantitative estimate of drug-likeness (QED) is 0.615. The zero-order valence-corrected chi connectivity index (χ0v) is 14.1. The molecule has 0 spiro atoms. The molecule has 1 aromatic carbocycles. The van der Waals surface area contributed by atoms with Gasteiger partial charge in [-0.15, -0.1) is 0 Å². The molecule has 23 heavy (non-hydrogen) atoms. The van der Waals surface area contributed by atoms with Crippen LogP contribution < -0.4 is 4.74 Å². The van der Waals surface area contributed by atoms with E-state index >= 15 is 0 Å². The Balaban J connectivity index is 1.95. The van der Waals surface area contributed by atoms with Crippen molar-refractivity contribution in [1.29, 1.82) is 0 Å². The summed E-state index contributed by atoms with van der Waals surface area (Å²) < 4.78 is 7.24. The summed E-state index contributed by atoms with van der Waals surface area (Å²) in [5.41, 5.74) is 2.07. The summed E-state index contributed by atoms with van der Waals surface area (Å²) in [4.78, 5) is 16.9. The van der Waals surface area contributed by atoms with Gasteiger partial charge in [0.05, 0.1) is 6.61 Å². The van der Waals surface area contributed by atoms with E-state index in [1.165, 1.54) is 11.3 Å². The van der Waals surface area contributed by atoms with Crippen molar-refractivity contribution in [2.75, 3.05) is 6.61 Å². The van der Waals surface area contributed by atoms with Crippen molar-refractivity contribution in [3.05, 3.63) is 35.0 Å². The molecular formula is C17H19N3O2S. The summed E-state index contributed by atoms with van der Waals surface area (Å²) in [7, 11) is 0. The monoisotopic (exact) mass is 329 g/mol. The van der Waals surface area contributed by atoms with E-state index in [9.17, 15) is 4.79 Å². The van der Waals surface area contributed by atoms with Crippen molar-refractivity contribution >= 4 is 22.6 Å². The highest BCUT2D eigenvalue weighted by Gasteiger charge is 2.17. The Morgan fingerprint density at radius 2 is 2.00 bits per heavy atom. The van der Waals surface area contributed by atoms with Crippen LogP contribution in [-0.2, 0) is 6.42 Å². The van der Waals surface area contributed by atoms with Crippen molar-refractivity contribution in [3.63, 3.8) is 0 Å². The second-order valence-corrected chi connectivity index (χ2v) is 6.32. The van der Waals surface area contributed by atoms with Gasteiger partial charge in [-0.05, 0) is 37.1 Å². The summed E-state index contributed by atoms with van der Waals surface area (Å²) in [6, 6.07) is 7.67. The zero-order chi connectivity index (χ0) is 16.2. The van der Waals surface area contributed by atoms with Gasteiger partial charge < -0.3 is 4.74 Å². The van der Waals surface area contributed by atoms with Crippen LogP contribution in [0.4, 0.5) is 0 Å². The summed E-state index contributed by atoms with van der Waals surface area (Å²) in [5.74, 6) is 0.827. The highest BCUT2D eigenvalue weighted by Crippen LogP contribution is 2.27. The fourth-order valence-corrected chi connectivity index (χ4v) is 3.37. The molecule has 0 N–H and O–H groups in total. The number of benzene rings is 1. The van der Waals surface area contributed by atoms with E-state index < -0.39 is 0 Å². The lowest BCUT2D eigenvalue weighted by molar-refractivity contribution is 0.111. The maximum Gasteiger partial charge on any atom is 0.213 e. The van der Waals surface area contributed by atoms with Crippen LogP contribution in [-0.4, -0.2) is 27.5 Å². The van der Waals surface area contributed by atoms with Crippen LogP contribution in [0.5, 0.6) is 5.75 Å². The van der Waals surface area contributed by atoms with Gasteiger partial charge in [-0.25, -0.2) is 4.98 Å². The molecule has 0 saturated carbocycles. The van der Waals surface area contributed by atoms with E-state index in [4.69, 9.17) is 4.74 Å². The topological polar surface area (TPSA) is 56.5 Å². The third-order valence-corrected chi connectivity index (χ3v) is 4.42. The van der Waals surface area contributed by atoms with Crippen LogP contribution in [0.2, 0.25) is 0 Å². The Hall–Kier alpha value is -2.21. The number of hydrogen-bond acceptors (Lipinski definition) is 5. The first kappa shape index (κ1) is 15.7. The molecule has 0 aliphatic rings. The van der Waals surface area contributed by atoms with Gasteiger partial charge in [0.15, 0.2) is 6.29 Å². The number of ether oxygens (including phenoxy) is 1. The molecule has 2 aromatic heterocycles. The van der Waals surface area contributed by atoms with E-state index in [-0.39, 0.29) is 0 Å². The predicted octanol–water partition coefficient (Wildman–Crippen LogP) is 4.01. The van der Waals surface area contributed by atoms with E-state index in [0.717, 1.165) is 46.8 Å². The maximum atomic E-state index is 11.5. The van der Waals surface area contributed by atoms with E-state index in [1.807, 2.05) is 24.3 Å². The number of fused-ring (bicyclic) bond motifs is 1. The first-order chi connectivity index (χ1) is 11.3. The highest BCUT2D eigenvalue weighted by atomic mass is 32.1. The fourth-order valence-electron chi connectivity index (χ4n) is 2.37. The molecule has 0 fully saturated rings. The number of nitrogens with zero attached hydrogens (tertiary/aromatic N) is 3. The average Bonchev–Trinajstić information content (AvgIpc) is 3.10. The van der Waals surface area contributed by atoms with Gasteiger partial charge in [-0.1, -0.05) is 25.2 Å². The van der Waals surface area contributed by atoms with Crippen molar-refractivity contribution in [2.45, 2.75) is 33.1 Å². The Labute approximate surface area is 138 Å². The molecule has 0 saturated heterocycles. The largest absolute Gasteiger partial charge is 0.494 e. The molecule has 0 amide bonds. The van der Waals surface area contributed by atoms with Gasteiger partial charge in [0.2, 0.25) is 4.96 Å². The molecule has 0 unspecified atom stereocenters. The van der Waals surface area contributed by atoms with Crippen LogP contribution in [0.3, 0.4) is 0 Å². The number of aromatic nitrogens is 3. The molecule has 0 aliphatic carbocycles. The van der Waals surface area contributed by atoms with Gasteiger partial charge in [0, 0.05) is 12.0 Å². The number of rotatable bonds is 7. The minimum absolute atomic E-state index is 0.501. The Morgan fingerprint density at radius 1 is 1.22 bits per heavy atom. The van der Waals surface area contributed by atoms with Gasteiger partial charge in [-0.2, -0.15) is 9.61 Å². The molecule has 120 valence electrons. The van der Waals surface area contributed by atoms with Crippen LogP contribution in [0.25, 0.3) is 16.2 Å². The number of carbonyl (C=O) groups is 1. The second kappa shape index (κ2) is 6.91. The predicted molar refractivity (Wildman–Crippen MR) is 91.5 cm³/mol. The Morgan fingerprint density at radius 3 is 2.65 bits per heavy atom. The number of hydrogen-bond donors (Lipinski definition) is 0. The van der Waals surface area contributed by atoms with Crippen molar-refractivity contribution in [2.24, 2.45) is 0 Å². The van der Waals surface area contributed by atoms with Crippen molar-refractivity contribution < 1.29 is 9.53 Å². The van der Waals surface area contributed by atoms with E-state index in [0.29, 0.717) is 18.0 Å². The third-order valence-electron chi connectivity index (χ3n) is 3.46. The Bertz CT molecular complexity index is 805. The molecule has 3 aromatic rings. The minimum Gasteiger partial charge on any atom is -0.494 e.